The van der Waals surface area contributed by atoms with Gasteiger partial charge in [-0.15, -0.1) is 0 Å². The number of benzene rings is 3. The Bertz CT molecular complexity index is 2400. The number of nitrogens with two attached hydrogens (primary N) is 1. The molecule has 260 valence electrons. The van der Waals surface area contributed by atoms with Crippen molar-refractivity contribution < 1.29 is 26.7 Å². The summed E-state index contributed by atoms with van der Waals surface area (Å²) in [6.45, 7) is 2.02. The fourth-order valence-corrected chi connectivity index (χ4v) is 6.85. The number of ether oxygens (including phenoxy) is 2. The molecule has 16 heteroatoms. The van der Waals surface area contributed by atoms with Crippen LogP contribution in [0.15, 0.2) is 71.5 Å². The Kier molecular flexibility index (Phi) is 9.48. The number of aryl methyl sites for hydroxylation is 1. The molecule has 6 aromatic rings. The van der Waals surface area contributed by atoms with Gasteiger partial charge in [0.2, 0.25) is 15.9 Å². The van der Waals surface area contributed by atoms with E-state index in [0.717, 1.165) is 28.8 Å². The molecular formula is C34H32ClF2N7O5S. The zero-order valence-electron chi connectivity index (χ0n) is 27.4. The molecule has 12 nitrogen and oxygen atoms in total. The summed E-state index contributed by atoms with van der Waals surface area (Å²) in [4.78, 5) is 23.5. The van der Waals surface area contributed by atoms with Gasteiger partial charge in [-0.1, -0.05) is 23.7 Å². The van der Waals surface area contributed by atoms with Crippen LogP contribution >= 0.6 is 11.6 Å². The van der Waals surface area contributed by atoms with Crippen molar-refractivity contribution in [2.24, 2.45) is 12.8 Å². The van der Waals surface area contributed by atoms with Gasteiger partial charge in [-0.3, -0.25) is 14.0 Å². The first kappa shape index (κ1) is 34.7. The minimum absolute atomic E-state index is 0.0119. The molecule has 0 radical (unpaired) electrons. The van der Waals surface area contributed by atoms with Crippen LogP contribution < -0.4 is 25.1 Å². The molecule has 3 aromatic carbocycles. The molecule has 0 spiro atoms. The van der Waals surface area contributed by atoms with Crippen LogP contribution in [0.5, 0.6) is 11.6 Å². The molecule has 0 bridgehead atoms. The number of pyridine rings is 1. The average Bonchev–Trinajstić information content (AvgIpc) is 3.40. The molecule has 6 rings (SSSR count). The lowest BCUT2D eigenvalue weighted by Gasteiger charge is -2.21. The predicted molar refractivity (Wildman–Crippen MR) is 187 cm³/mol. The Hall–Kier alpha value is -5.12. The minimum atomic E-state index is -3.93. The molecule has 0 aliphatic carbocycles. The van der Waals surface area contributed by atoms with E-state index in [9.17, 15) is 22.0 Å². The van der Waals surface area contributed by atoms with Crippen LogP contribution in [0, 0.1) is 11.6 Å². The van der Waals surface area contributed by atoms with E-state index in [0.29, 0.717) is 23.4 Å². The summed E-state index contributed by atoms with van der Waals surface area (Å²) in [5.41, 5.74) is 7.57. The van der Waals surface area contributed by atoms with Crippen LogP contribution in [0.1, 0.15) is 29.9 Å². The topological polar surface area (TPSA) is 147 Å². The highest BCUT2D eigenvalue weighted by Crippen LogP contribution is 2.38. The first-order valence-corrected chi connectivity index (χ1v) is 17.5. The minimum Gasteiger partial charge on any atom is -0.497 e. The van der Waals surface area contributed by atoms with E-state index in [1.54, 1.807) is 44.3 Å². The van der Waals surface area contributed by atoms with Crippen LogP contribution in [-0.4, -0.2) is 52.7 Å². The number of anilines is 1. The van der Waals surface area contributed by atoms with Gasteiger partial charge < -0.3 is 15.2 Å². The fourth-order valence-electron chi connectivity index (χ4n) is 5.79. The van der Waals surface area contributed by atoms with Crippen molar-refractivity contribution in [3.8, 4) is 17.3 Å². The van der Waals surface area contributed by atoms with Crippen molar-refractivity contribution in [3.05, 3.63) is 111 Å². The Morgan fingerprint density at radius 3 is 2.34 bits per heavy atom. The van der Waals surface area contributed by atoms with Crippen molar-refractivity contribution >= 4 is 49.4 Å². The first-order chi connectivity index (χ1) is 23.8. The number of aromatic nitrogens is 5. The summed E-state index contributed by atoms with van der Waals surface area (Å²) in [7, 11) is -0.811. The Morgan fingerprint density at radius 2 is 1.70 bits per heavy atom. The third-order valence-electron chi connectivity index (χ3n) is 7.99. The number of rotatable bonds is 11. The lowest BCUT2D eigenvalue weighted by atomic mass is 10.0. The van der Waals surface area contributed by atoms with Gasteiger partial charge in [0, 0.05) is 19.2 Å². The molecule has 50 heavy (non-hydrogen) atoms. The standard InChI is InChI=1S/C34H32ClF2N7O5S/c1-5-49-28-13-10-24-31(39-28)40-32(26(38)16-20-14-21(36)17-22(37)15-20)44(34(24)45)27-12-11-25(35)29-30(27)42(2)41-33(29)43(50(4,46)47)18-19-6-8-23(48-3)9-7-19/h6-15,17,26H,5,16,18,38H2,1-4H3. The smallest absolute Gasteiger partial charge is 0.267 e. The van der Waals surface area contributed by atoms with Crippen molar-refractivity contribution in [3.63, 3.8) is 0 Å². The summed E-state index contributed by atoms with van der Waals surface area (Å²) < 4.78 is 69.4. The molecule has 0 amide bonds. The highest BCUT2D eigenvalue weighted by Gasteiger charge is 2.29. The quantitative estimate of drug-likeness (QED) is 0.190. The van der Waals surface area contributed by atoms with Gasteiger partial charge in [-0.05, 0) is 66.9 Å². The highest BCUT2D eigenvalue weighted by molar-refractivity contribution is 7.92. The summed E-state index contributed by atoms with van der Waals surface area (Å²) in [5.74, 6) is -0.696. The van der Waals surface area contributed by atoms with E-state index in [4.69, 9.17) is 26.8 Å². The number of fused-ring (bicyclic) bond motifs is 2. The average molecular weight is 724 g/mol. The largest absolute Gasteiger partial charge is 0.497 e. The Balaban J connectivity index is 1.59. The van der Waals surface area contributed by atoms with Crippen LogP contribution in [-0.2, 0) is 30.0 Å². The van der Waals surface area contributed by atoms with Gasteiger partial charge in [0.25, 0.3) is 5.56 Å². The van der Waals surface area contributed by atoms with Crippen LogP contribution in [0.3, 0.4) is 0 Å². The summed E-state index contributed by atoms with van der Waals surface area (Å²) in [6.07, 6.45) is 0.956. The lowest BCUT2D eigenvalue weighted by molar-refractivity contribution is 0.328. The monoisotopic (exact) mass is 723 g/mol. The molecule has 0 fully saturated rings. The van der Waals surface area contributed by atoms with E-state index in [1.807, 2.05) is 0 Å². The molecule has 0 saturated carbocycles. The molecule has 3 heterocycles. The summed E-state index contributed by atoms with van der Waals surface area (Å²) in [5, 5.41) is 5.14. The zero-order valence-corrected chi connectivity index (χ0v) is 29.0. The van der Waals surface area contributed by atoms with Crippen LogP contribution in [0.4, 0.5) is 14.6 Å². The molecular weight excluding hydrogens is 692 g/mol. The molecule has 1 atom stereocenters. The number of nitrogens with zero attached hydrogens (tertiary/aromatic N) is 6. The number of halogens is 3. The maximum Gasteiger partial charge on any atom is 0.267 e. The molecule has 0 aliphatic rings. The van der Waals surface area contributed by atoms with Gasteiger partial charge >= 0.3 is 0 Å². The van der Waals surface area contributed by atoms with Gasteiger partial charge in [0.1, 0.15) is 23.2 Å². The summed E-state index contributed by atoms with van der Waals surface area (Å²) in [6, 6.07) is 15.0. The van der Waals surface area contributed by atoms with Gasteiger partial charge in [-0.2, -0.15) is 10.1 Å². The third-order valence-corrected chi connectivity index (χ3v) is 9.41. The first-order valence-electron chi connectivity index (χ1n) is 15.3. The molecule has 3 aromatic heterocycles. The molecule has 0 saturated heterocycles. The van der Waals surface area contributed by atoms with E-state index >= 15 is 0 Å². The van der Waals surface area contributed by atoms with Crippen molar-refractivity contribution in [1.29, 1.82) is 0 Å². The lowest BCUT2D eigenvalue weighted by Crippen LogP contribution is -2.30. The highest BCUT2D eigenvalue weighted by atomic mass is 35.5. The van der Waals surface area contributed by atoms with Crippen LogP contribution in [0.2, 0.25) is 5.02 Å². The SMILES string of the molecule is CCOc1ccc2c(=O)n(-c3ccc(Cl)c4c(N(Cc5ccc(OC)cc5)S(C)(=O)=O)nn(C)c34)c(C(N)Cc3cc(F)cc(F)c3)nc2n1. The van der Waals surface area contributed by atoms with E-state index in [2.05, 4.69) is 15.1 Å². The van der Waals surface area contributed by atoms with E-state index in [1.165, 1.54) is 34.6 Å². The second-order valence-electron chi connectivity index (χ2n) is 11.5. The number of sulfonamides is 1. The molecule has 2 N–H and O–H groups in total. The fraction of sp³-hybridized carbons (Fsp3) is 0.235. The maximum atomic E-state index is 14.4. The number of methoxy groups -OCH3 is 1. The van der Waals surface area contributed by atoms with Crippen LogP contribution in [0.25, 0.3) is 27.6 Å². The second kappa shape index (κ2) is 13.7. The predicted octanol–water partition coefficient (Wildman–Crippen LogP) is 5.22. The number of hydrogen-bond acceptors (Lipinski definition) is 9. The third kappa shape index (κ3) is 6.71. The van der Waals surface area contributed by atoms with E-state index < -0.39 is 33.3 Å². The molecule has 1 unspecified atom stereocenters. The van der Waals surface area contributed by atoms with Crippen molar-refractivity contribution in [2.75, 3.05) is 24.3 Å². The second-order valence-corrected chi connectivity index (χ2v) is 13.8. The van der Waals surface area contributed by atoms with Gasteiger partial charge in [0.05, 0.1) is 59.6 Å². The van der Waals surface area contributed by atoms with Crippen molar-refractivity contribution in [2.45, 2.75) is 25.9 Å². The van der Waals surface area contributed by atoms with Gasteiger partial charge in [-0.25, -0.2) is 26.5 Å². The number of hydrogen-bond donors (Lipinski definition) is 1. The maximum absolute atomic E-state index is 14.4. The van der Waals surface area contributed by atoms with Gasteiger partial charge in [0.15, 0.2) is 11.5 Å². The normalized spacial score (nSPS) is 12.4. The summed E-state index contributed by atoms with van der Waals surface area (Å²) >= 11 is 6.78. The van der Waals surface area contributed by atoms with Crippen molar-refractivity contribution in [1.82, 2.24) is 24.3 Å². The van der Waals surface area contributed by atoms with E-state index in [-0.39, 0.29) is 63.2 Å². The Labute approximate surface area is 290 Å². The zero-order chi connectivity index (χ0) is 35.9. The Morgan fingerprint density at radius 1 is 1.00 bits per heavy atom. The molecule has 0 aliphatic heterocycles.